The van der Waals surface area contributed by atoms with Crippen LogP contribution in [0.5, 0.6) is 5.75 Å². The molecular formula is C16H22N2O5. The average molecular weight is 322 g/mol. The lowest BCUT2D eigenvalue weighted by Gasteiger charge is -2.26. The van der Waals surface area contributed by atoms with Crippen molar-refractivity contribution in [3.8, 4) is 5.75 Å². The Labute approximate surface area is 135 Å². The van der Waals surface area contributed by atoms with Gasteiger partial charge in [0, 0.05) is 18.9 Å². The molecule has 2 rings (SSSR count). The summed E-state index contributed by atoms with van der Waals surface area (Å²) in [5.74, 6) is -0.00140. The van der Waals surface area contributed by atoms with Gasteiger partial charge in [-0.2, -0.15) is 0 Å². The third kappa shape index (κ3) is 5.22. The zero-order valence-corrected chi connectivity index (χ0v) is 13.1. The van der Waals surface area contributed by atoms with E-state index in [-0.39, 0.29) is 18.4 Å². The number of methoxy groups -OCH3 is 1. The zero-order chi connectivity index (χ0) is 16.7. The number of anilines is 1. The van der Waals surface area contributed by atoms with Crippen LogP contribution in [0.15, 0.2) is 24.3 Å². The summed E-state index contributed by atoms with van der Waals surface area (Å²) >= 11 is 0. The van der Waals surface area contributed by atoms with Gasteiger partial charge in [-0.15, -0.1) is 0 Å². The predicted molar refractivity (Wildman–Crippen MR) is 84.1 cm³/mol. The number of ether oxygens (including phenoxy) is 3. The van der Waals surface area contributed by atoms with E-state index in [0.29, 0.717) is 24.7 Å². The van der Waals surface area contributed by atoms with Crippen LogP contribution in [-0.2, 0) is 19.1 Å². The van der Waals surface area contributed by atoms with Crippen LogP contribution in [0.2, 0.25) is 0 Å². The van der Waals surface area contributed by atoms with Crippen molar-refractivity contribution >= 4 is 17.6 Å². The highest BCUT2D eigenvalue weighted by Crippen LogP contribution is 2.20. The van der Waals surface area contributed by atoms with Gasteiger partial charge in [-0.25, -0.2) is 4.79 Å². The first-order chi connectivity index (χ1) is 11.1. The van der Waals surface area contributed by atoms with Gasteiger partial charge in [0.2, 0.25) is 5.91 Å². The van der Waals surface area contributed by atoms with Crippen molar-refractivity contribution in [3.63, 3.8) is 0 Å². The van der Waals surface area contributed by atoms with Crippen LogP contribution in [0.1, 0.15) is 12.8 Å². The highest BCUT2D eigenvalue weighted by Gasteiger charge is 2.26. The van der Waals surface area contributed by atoms with Gasteiger partial charge in [-0.1, -0.05) is 0 Å². The van der Waals surface area contributed by atoms with Crippen molar-refractivity contribution in [1.29, 1.82) is 0 Å². The Bertz CT molecular complexity index is 526. The number of rotatable bonds is 6. The van der Waals surface area contributed by atoms with Crippen LogP contribution < -0.4 is 15.8 Å². The SMILES string of the molecule is COC(=O)COc1ccc(NC(=O)C(N)C2CCOCC2)cc1. The third-order valence-corrected chi connectivity index (χ3v) is 3.78. The first-order valence-corrected chi connectivity index (χ1v) is 7.54. The average Bonchev–Trinajstić information content (AvgIpc) is 2.60. The van der Waals surface area contributed by atoms with Gasteiger partial charge in [-0.05, 0) is 43.0 Å². The molecule has 1 fully saturated rings. The molecule has 1 aliphatic rings. The molecule has 1 amide bonds. The molecule has 0 radical (unpaired) electrons. The first kappa shape index (κ1) is 17.2. The Morgan fingerprint density at radius 2 is 1.96 bits per heavy atom. The monoisotopic (exact) mass is 322 g/mol. The van der Waals surface area contributed by atoms with Gasteiger partial charge in [0.15, 0.2) is 6.61 Å². The fourth-order valence-corrected chi connectivity index (χ4v) is 2.35. The van der Waals surface area contributed by atoms with E-state index in [1.165, 1.54) is 7.11 Å². The lowest BCUT2D eigenvalue weighted by molar-refractivity contribution is -0.142. The number of nitrogens with two attached hydrogens (primary N) is 1. The topological polar surface area (TPSA) is 99.9 Å². The van der Waals surface area contributed by atoms with Gasteiger partial charge >= 0.3 is 5.97 Å². The molecule has 126 valence electrons. The minimum atomic E-state index is -0.547. The summed E-state index contributed by atoms with van der Waals surface area (Å²) in [6.07, 6.45) is 1.60. The van der Waals surface area contributed by atoms with E-state index in [4.69, 9.17) is 15.2 Å². The lowest BCUT2D eigenvalue weighted by atomic mass is 9.92. The second-order valence-electron chi connectivity index (χ2n) is 5.35. The van der Waals surface area contributed by atoms with E-state index in [0.717, 1.165) is 12.8 Å². The van der Waals surface area contributed by atoms with Crippen molar-refractivity contribution in [3.05, 3.63) is 24.3 Å². The molecule has 7 heteroatoms. The number of esters is 1. The van der Waals surface area contributed by atoms with Gasteiger partial charge < -0.3 is 25.3 Å². The van der Waals surface area contributed by atoms with Crippen LogP contribution in [0.3, 0.4) is 0 Å². The van der Waals surface area contributed by atoms with Crippen molar-refractivity contribution < 1.29 is 23.8 Å². The molecule has 1 saturated heterocycles. The molecule has 1 atom stereocenters. The smallest absolute Gasteiger partial charge is 0.343 e. The first-order valence-electron chi connectivity index (χ1n) is 7.54. The Hall–Kier alpha value is -2.12. The summed E-state index contributed by atoms with van der Waals surface area (Å²) in [4.78, 5) is 23.2. The molecule has 23 heavy (non-hydrogen) atoms. The molecule has 1 unspecified atom stereocenters. The van der Waals surface area contributed by atoms with Crippen LogP contribution in [0.25, 0.3) is 0 Å². The predicted octanol–water partition coefficient (Wildman–Crippen LogP) is 0.931. The molecule has 7 nitrogen and oxygen atoms in total. The molecule has 1 aromatic rings. The number of hydrogen-bond donors (Lipinski definition) is 2. The summed E-state index contributed by atoms with van der Waals surface area (Å²) in [5, 5.41) is 2.79. The molecule has 0 aromatic heterocycles. The molecule has 3 N–H and O–H groups in total. The Balaban J connectivity index is 1.84. The summed E-state index contributed by atoms with van der Waals surface area (Å²) in [7, 11) is 1.30. The summed E-state index contributed by atoms with van der Waals surface area (Å²) in [6, 6.07) is 6.17. The molecule has 0 saturated carbocycles. The van der Waals surface area contributed by atoms with E-state index < -0.39 is 12.0 Å². The van der Waals surface area contributed by atoms with Crippen molar-refractivity contribution in [1.82, 2.24) is 0 Å². The highest BCUT2D eigenvalue weighted by atomic mass is 16.6. The molecule has 1 aromatic carbocycles. The van der Waals surface area contributed by atoms with Crippen molar-refractivity contribution in [2.75, 3.05) is 32.2 Å². The standard InChI is InChI=1S/C16H22N2O5/c1-21-14(19)10-23-13-4-2-12(3-5-13)18-16(20)15(17)11-6-8-22-9-7-11/h2-5,11,15H,6-10,17H2,1H3,(H,18,20). The number of carbonyl (C=O) groups excluding carboxylic acids is 2. The van der Waals surface area contributed by atoms with Crippen molar-refractivity contribution in [2.24, 2.45) is 11.7 Å². The third-order valence-electron chi connectivity index (χ3n) is 3.78. The van der Waals surface area contributed by atoms with E-state index in [1.54, 1.807) is 24.3 Å². The number of amides is 1. The normalized spacial score (nSPS) is 16.4. The van der Waals surface area contributed by atoms with Gasteiger partial charge in [-0.3, -0.25) is 4.79 Å². The number of hydrogen-bond acceptors (Lipinski definition) is 6. The van der Waals surface area contributed by atoms with Crippen LogP contribution >= 0.6 is 0 Å². The molecule has 0 bridgehead atoms. The maximum Gasteiger partial charge on any atom is 0.343 e. The lowest BCUT2D eigenvalue weighted by Crippen LogP contribution is -2.43. The van der Waals surface area contributed by atoms with E-state index in [2.05, 4.69) is 10.1 Å². The summed E-state index contributed by atoms with van der Waals surface area (Å²) < 4.78 is 15.0. The van der Waals surface area contributed by atoms with Crippen molar-refractivity contribution in [2.45, 2.75) is 18.9 Å². The molecule has 0 spiro atoms. The zero-order valence-electron chi connectivity index (χ0n) is 13.1. The van der Waals surface area contributed by atoms with Crippen LogP contribution in [-0.4, -0.2) is 44.8 Å². The summed E-state index contributed by atoms with van der Waals surface area (Å²) in [5.41, 5.74) is 6.65. The number of benzene rings is 1. The van der Waals surface area contributed by atoms with Gasteiger partial charge in [0.05, 0.1) is 13.2 Å². The maximum atomic E-state index is 12.2. The quantitative estimate of drug-likeness (QED) is 0.756. The minimum Gasteiger partial charge on any atom is -0.482 e. The second kappa shape index (κ2) is 8.50. The van der Waals surface area contributed by atoms with Gasteiger partial charge in [0.1, 0.15) is 5.75 Å². The molecule has 1 heterocycles. The minimum absolute atomic E-state index is 0.145. The fourth-order valence-electron chi connectivity index (χ4n) is 2.35. The maximum absolute atomic E-state index is 12.2. The summed E-state index contributed by atoms with van der Waals surface area (Å²) in [6.45, 7) is 1.15. The largest absolute Gasteiger partial charge is 0.482 e. The van der Waals surface area contributed by atoms with Crippen LogP contribution in [0, 0.1) is 5.92 Å². The Kier molecular flexibility index (Phi) is 6.37. The highest BCUT2D eigenvalue weighted by molar-refractivity contribution is 5.94. The molecular weight excluding hydrogens is 300 g/mol. The molecule has 0 aliphatic carbocycles. The Morgan fingerprint density at radius 1 is 1.30 bits per heavy atom. The number of nitrogens with one attached hydrogen (secondary N) is 1. The molecule has 1 aliphatic heterocycles. The van der Waals surface area contributed by atoms with E-state index in [1.807, 2.05) is 0 Å². The van der Waals surface area contributed by atoms with E-state index >= 15 is 0 Å². The number of carbonyl (C=O) groups is 2. The van der Waals surface area contributed by atoms with E-state index in [9.17, 15) is 9.59 Å². The second-order valence-corrected chi connectivity index (χ2v) is 5.35. The fraction of sp³-hybridized carbons (Fsp3) is 0.500. The van der Waals surface area contributed by atoms with Gasteiger partial charge in [0.25, 0.3) is 0 Å². The Morgan fingerprint density at radius 3 is 2.57 bits per heavy atom. The van der Waals surface area contributed by atoms with Crippen LogP contribution in [0.4, 0.5) is 5.69 Å².